The minimum Gasteiger partial charge on any atom is -0.369 e. The average molecular weight is 166 g/mol. The third-order valence-corrected chi connectivity index (χ3v) is 1.28. The molecule has 68 valence electrons. The molecule has 0 rings (SSSR count). The Kier molecular flexibility index (Phi) is 7.84. The molecule has 0 heterocycles. The van der Waals surface area contributed by atoms with Crippen molar-refractivity contribution in [2.75, 3.05) is 13.2 Å². The maximum atomic E-state index is 5.25. The molecule has 0 aromatic heterocycles. The first-order chi connectivity index (χ1) is 5.77. The molecule has 12 heavy (non-hydrogen) atoms. The number of allylic oxidation sites excluding steroid dienone is 2. The van der Waals surface area contributed by atoms with Gasteiger partial charge in [0.05, 0.1) is 0 Å². The zero-order valence-corrected chi connectivity index (χ0v) is 8.31. The van der Waals surface area contributed by atoms with E-state index in [2.05, 4.69) is 18.8 Å². The maximum Gasteiger partial charge on any atom is 0.108 e. The van der Waals surface area contributed by atoms with Crippen LogP contribution in [0, 0.1) is 11.8 Å². The van der Waals surface area contributed by atoms with E-state index in [4.69, 9.17) is 4.74 Å². The van der Waals surface area contributed by atoms with E-state index in [1.54, 1.807) is 0 Å². The first kappa shape index (κ1) is 11.3. The molecule has 0 spiro atoms. The van der Waals surface area contributed by atoms with Crippen molar-refractivity contribution in [1.82, 2.24) is 0 Å². The number of rotatable bonds is 4. The minimum absolute atomic E-state index is 0.559. The van der Waals surface area contributed by atoms with Crippen molar-refractivity contribution < 1.29 is 4.74 Å². The molecule has 0 aromatic carbocycles. The van der Waals surface area contributed by atoms with Crippen LogP contribution < -0.4 is 0 Å². The lowest BCUT2D eigenvalue weighted by Gasteiger charge is -1.94. The van der Waals surface area contributed by atoms with Gasteiger partial charge in [-0.25, -0.2) is 0 Å². The van der Waals surface area contributed by atoms with Gasteiger partial charge in [-0.2, -0.15) is 0 Å². The van der Waals surface area contributed by atoms with Gasteiger partial charge >= 0.3 is 0 Å². The van der Waals surface area contributed by atoms with Crippen molar-refractivity contribution >= 4 is 0 Å². The fourth-order valence-corrected chi connectivity index (χ4v) is 0.607. The van der Waals surface area contributed by atoms with E-state index in [0.717, 1.165) is 13.0 Å². The van der Waals surface area contributed by atoms with Gasteiger partial charge in [-0.05, 0) is 26.3 Å². The Labute approximate surface area is 75.8 Å². The molecule has 0 aliphatic carbocycles. The molecule has 0 atom stereocenters. The predicted molar refractivity (Wildman–Crippen MR) is 52.9 cm³/mol. The van der Waals surface area contributed by atoms with Gasteiger partial charge in [0.15, 0.2) is 0 Å². The number of unbranched alkanes of at least 4 members (excludes halogenated alkanes) is 1. The quantitative estimate of drug-likeness (QED) is 0.461. The summed E-state index contributed by atoms with van der Waals surface area (Å²) in [5, 5.41) is 0. The first-order valence-electron chi connectivity index (χ1n) is 4.47. The van der Waals surface area contributed by atoms with E-state index < -0.39 is 0 Å². The standard InChI is InChI=1S/C11H18O/c1-4-5-9-12-10-7-6-8-11(2)3/h8H,4-5,9-10H2,1-3H3. The van der Waals surface area contributed by atoms with Gasteiger partial charge in [-0.15, -0.1) is 0 Å². The molecular formula is C11H18O. The van der Waals surface area contributed by atoms with Gasteiger partial charge in [0.2, 0.25) is 0 Å². The number of hydrogen-bond acceptors (Lipinski definition) is 1. The second-order valence-corrected chi connectivity index (χ2v) is 2.95. The Hall–Kier alpha value is -0.740. The van der Waals surface area contributed by atoms with Crippen molar-refractivity contribution in [1.29, 1.82) is 0 Å². The molecule has 0 aliphatic heterocycles. The van der Waals surface area contributed by atoms with Crippen molar-refractivity contribution in [3.63, 3.8) is 0 Å². The Morgan fingerprint density at radius 2 is 2.17 bits per heavy atom. The van der Waals surface area contributed by atoms with Gasteiger partial charge in [-0.3, -0.25) is 0 Å². The maximum absolute atomic E-state index is 5.25. The molecule has 0 saturated carbocycles. The lowest BCUT2D eigenvalue weighted by molar-refractivity contribution is 0.163. The summed E-state index contributed by atoms with van der Waals surface area (Å²) in [7, 11) is 0. The Morgan fingerprint density at radius 3 is 2.75 bits per heavy atom. The third kappa shape index (κ3) is 9.26. The summed E-state index contributed by atoms with van der Waals surface area (Å²) < 4.78 is 5.25. The Bertz CT molecular complexity index is 177. The van der Waals surface area contributed by atoms with Gasteiger partial charge in [0.25, 0.3) is 0 Å². The lowest BCUT2D eigenvalue weighted by Crippen LogP contribution is -1.93. The highest BCUT2D eigenvalue weighted by Gasteiger charge is 1.81. The normalized spacial score (nSPS) is 8.58. The number of ether oxygens (including phenoxy) is 1. The third-order valence-electron chi connectivity index (χ3n) is 1.28. The summed E-state index contributed by atoms with van der Waals surface area (Å²) in [5.41, 5.74) is 1.23. The van der Waals surface area contributed by atoms with Crippen molar-refractivity contribution in [3.05, 3.63) is 11.6 Å². The highest BCUT2D eigenvalue weighted by molar-refractivity contribution is 5.18. The van der Waals surface area contributed by atoms with Gasteiger partial charge in [0.1, 0.15) is 6.61 Å². The monoisotopic (exact) mass is 166 g/mol. The van der Waals surface area contributed by atoms with Crippen LogP contribution in [0.2, 0.25) is 0 Å². The summed E-state index contributed by atoms with van der Waals surface area (Å²) >= 11 is 0. The first-order valence-corrected chi connectivity index (χ1v) is 4.47. The van der Waals surface area contributed by atoms with Crippen LogP contribution in [0.4, 0.5) is 0 Å². The highest BCUT2D eigenvalue weighted by atomic mass is 16.5. The second-order valence-electron chi connectivity index (χ2n) is 2.95. The fourth-order valence-electron chi connectivity index (χ4n) is 0.607. The summed E-state index contributed by atoms with van der Waals surface area (Å²) in [4.78, 5) is 0. The van der Waals surface area contributed by atoms with E-state index in [1.807, 2.05) is 19.9 Å². The lowest BCUT2D eigenvalue weighted by atomic mass is 10.3. The molecule has 0 fully saturated rings. The predicted octanol–water partition coefficient (Wildman–Crippen LogP) is 2.77. The van der Waals surface area contributed by atoms with Crippen LogP contribution in [0.5, 0.6) is 0 Å². The van der Waals surface area contributed by atoms with Crippen molar-refractivity contribution in [2.45, 2.75) is 33.6 Å². The summed E-state index contributed by atoms with van der Waals surface area (Å²) in [6, 6.07) is 0. The van der Waals surface area contributed by atoms with E-state index in [0.29, 0.717) is 6.61 Å². The molecule has 1 heteroatoms. The van der Waals surface area contributed by atoms with Crippen molar-refractivity contribution in [2.24, 2.45) is 0 Å². The SMILES string of the molecule is CCCCOCC#CC=C(C)C. The summed E-state index contributed by atoms with van der Waals surface area (Å²) in [6.07, 6.45) is 4.22. The minimum atomic E-state index is 0.559. The molecule has 0 aromatic rings. The van der Waals surface area contributed by atoms with Gasteiger partial charge in [-0.1, -0.05) is 30.8 Å². The van der Waals surface area contributed by atoms with Crippen LogP contribution >= 0.6 is 0 Å². The molecule has 1 nitrogen and oxygen atoms in total. The Balaban J connectivity index is 3.28. The zero-order chi connectivity index (χ0) is 9.23. The van der Waals surface area contributed by atoms with Crippen LogP contribution in [0.25, 0.3) is 0 Å². The summed E-state index contributed by atoms with van der Waals surface area (Å²) in [6.45, 7) is 7.61. The van der Waals surface area contributed by atoms with E-state index in [1.165, 1.54) is 12.0 Å². The molecule has 0 amide bonds. The van der Waals surface area contributed by atoms with E-state index in [-0.39, 0.29) is 0 Å². The largest absolute Gasteiger partial charge is 0.369 e. The molecule has 0 radical (unpaired) electrons. The Morgan fingerprint density at radius 1 is 1.42 bits per heavy atom. The fraction of sp³-hybridized carbons (Fsp3) is 0.636. The smallest absolute Gasteiger partial charge is 0.108 e. The molecule has 0 N–H and O–H groups in total. The molecule has 0 saturated heterocycles. The molecule has 0 bridgehead atoms. The topological polar surface area (TPSA) is 9.23 Å². The van der Waals surface area contributed by atoms with Crippen LogP contribution in [-0.4, -0.2) is 13.2 Å². The molecule has 0 unspecified atom stereocenters. The zero-order valence-electron chi connectivity index (χ0n) is 8.31. The molecule has 0 aliphatic rings. The van der Waals surface area contributed by atoms with Gasteiger partial charge < -0.3 is 4.74 Å². The van der Waals surface area contributed by atoms with Crippen LogP contribution in [-0.2, 0) is 4.74 Å². The van der Waals surface area contributed by atoms with E-state index >= 15 is 0 Å². The summed E-state index contributed by atoms with van der Waals surface area (Å²) in [5.74, 6) is 5.85. The second kappa shape index (κ2) is 8.36. The van der Waals surface area contributed by atoms with Gasteiger partial charge in [0, 0.05) is 6.61 Å². The van der Waals surface area contributed by atoms with Crippen molar-refractivity contribution in [3.8, 4) is 11.8 Å². The molecular weight excluding hydrogens is 148 g/mol. The number of hydrogen-bond donors (Lipinski definition) is 0. The van der Waals surface area contributed by atoms with Crippen LogP contribution in [0.1, 0.15) is 33.6 Å². The van der Waals surface area contributed by atoms with E-state index in [9.17, 15) is 0 Å². The van der Waals surface area contributed by atoms with Crippen LogP contribution in [0.15, 0.2) is 11.6 Å². The van der Waals surface area contributed by atoms with Crippen LogP contribution in [0.3, 0.4) is 0 Å². The average Bonchev–Trinajstić information content (AvgIpc) is 2.02. The highest BCUT2D eigenvalue weighted by Crippen LogP contribution is 1.87.